The molecule has 1 amide bonds. The number of hydrogen-bond acceptors (Lipinski definition) is 4. The second-order valence-corrected chi connectivity index (χ2v) is 9.01. The molecule has 5 nitrogen and oxygen atoms in total. The lowest BCUT2D eigenvalue weighted by Crippen LogP contribution is -2.39. The van der Waals surface area contributed by atoms with Crippen LogP contribution in [0.25, 0.3) is 0 Å². The van der Waals surface area contributed by atoms with Crippen LogP contribution in [0.4, 0.5) is 0 Å². The van der Waals surface area contributed by atoms with Crippen molar-refractivity contribution < 1.29 is 13.2 Å². The van der Waals surface area contributed by atoms with Crippen molar-refractivity contribution in [3.8, 4) is 0 Å². The van der Waals surface area contributed by atoms with Gasteiger partial charge in [0.05, 0.1) is 17.5 Å². The van der Waals surface area contributed by atoms with Crippen LogP contribution in [-0.2, 0) is 14.8 Å². The maximum atomic E-state index is 12.6. The molecule has 2 aromatic carbocycles. The summed E-state index contributed by atoms with van der Waals surface area (Å²) in [5.41, 5.74) is 2.09. The highest BCUT2D eigenvalue weighted by Crippen LogP contribution is 2.20. The Balaban J connectivity index is 2.04. The molecule has 0 bridgehead atoms. The van der Waals surface area contributed by atoms with Crippen LogP contribution in [0.2, 0.25) is 0 Å². The molecule has 0 aliphatic rings. The number of carbonyl (C=O) groups excluding carboxylic acids is 1. The van der Waals surface area contributed by atoms with E-state index in [1.165, 1.54) is 7.05 Å². The number of hydrogen-bond donors (Lipinski definition) is 1. The summed E-state index contributed by atoms with van der Waals surface area (Å²) in [5, 5.41) is 2.86. The van der Waals surface area contributed by atoms with Crippen LogP contribution in [0.3, 0.4) is 0 Å². The Hall–Kier alpha value is -1.83. The van der Waals surface area contributed by atoms with Crippen molar-refractivity contribution in [2.45, 2.75) is 29.7 Å². The van der Waals surface area contributed by atoms with E-state index in [0.717, 1.165) is 20.3 Å². The average molecular weight is 393 g/mol. The van der Waals surface area contributed by atoms with Gasteiger partial charge in [-0.25, -0.2) is 8.42 Å². The maximum absolute atomic E-state index is 12.6. The Bertz CT molecular complexity index is 865. The van der Waals surface area contributed by atoms with E-state index in [4.69, 9.17) is 0 Å². The monoisotopic (exact) mass is 392 g/mol. The fraction of sp³-hybridized carbons (Fsp3) is 0.316. The van der Waals surface area contributed by atoms with Crippen molar-refractivity contribution in [2.24, 2.45) is 0 Å². The fourth-order valence-electron chi connectivity index (χ4n) is 2.65. The van der Waals surface area contributed by atoms with Gasteiger partial charge in [0, 0.05) is 11.9 Å². The maximum Gasteiger partial charge on any atom is 0.243 e. The molecule has 0 aliphatic carbocycles. The minimum absolute atomic E-state index is 0.178. The lowest BCUT2D eigenvalue weighted by Gasteiger charge is -2.20. The predicted octanol–water partition coefficient (Wildman–Crippen LogP) is 3.21. The first-order valence-electron chi connectivity index (χ1n) is 8.21. The topological polar surface area (TPSA) is 66.5 Å². The van der Waals surface area contributed by atoms with Gasteiger partial charge in [-0.2, -0.15) is 4.31 Å². The van der Waals surface area contributed by atoms with E-state index < -0.39 is 10.0 Å². The summed E-state index contributed by atoms with van der Waals surface area (Å²) in [6.07, 6.45) is 1.93. The second kappa shape index (κ2) is 8.70. The zero-order chi connectivity index (χ0) is 19.3. The number of rotatable bonds is 7. The summed E-state index contributed by atoms with van der Waals surface area (Å²) in [5.74, 6) is -0.340. The Morgan fingerprint density at radius 2 is 1.77 bits per heavy atom. The Morgan fingerprint density at radius 1 is 1.15 bits per heavy atom. The SMILES string of the molecule is CSc1ccc(S(=O)(=O)N(C)CC(=O)N[C@H](C)c2ccccc2C)cc1. The van der Waals surface area contributed by atoms with Crippen molar-refractivity contribution >= 4 is 27.7 Å². The summed E-state index contributed by atoms with van der Waals surface area (Å²) in [6, 6.07) is 14.2. The number of sulfonamides is 1. The summed E-state index contributed by atoms with van der Waals surface area (Å²) in [4.78, 5) is 13.5. The lowest BCUT2D eigenvalue weighted by molar-refractivity contribution is -0.121. The van der Waals surface area contributed by atoms with Crippen LogP contribution in [0.15, 0.2) is 58.3 Å². The molecule has 0 aliphatic heterocycles. The van der Waals surface area contributed by atoms with Gasteiger partial charge in [-0.15, -0.1) is 11.8 Å². The molecule has 140 valence electrons. The van der Waals surface area contributed by atoms with E-state index in [0.29, 0.717) is 0 Å². The molecule has 0 unspecified atom stereocenters. The highest BCUT2D eigenvalue weighted by atomic mass is 32.2. The molecule has 2 aromatic rings. The normalized spacial score (nSPS) is 12.8. The molecule has 0 saturated heterocycles. The molecule has 0 fully saturated rings. The largest absolute Gasteiger partial charge is 0.348 e. The van der Waals surface area contributed by atoms with Gasteiger partial charge in [-0.05, 0) is 55.5 Å². The second-order valence-electron chi connectivity index (χ2n) is 6.08. The third-order valence-electron chi connectivity index (χ3n) is 4.17. The molecule has 0 radical (unpaired) electrons. The van der Waals surface area contributed by atoms with Crippen molar-refractivity contribution in [1.82, 2.24) is 9.62 Å². The number of carbonyl (C=O) groups is 1. The minimum Gasteiger partial charge on any atom is -0.348 e. The van der Waals surface area contributed by atoms with E-state index in [-0.39, 0.29) is 23.4 Å². The van der Waals surface area contributed by atoms with Gasteiger partial charge in [-0.1, -0.05) is 24.3 Å². The molecule has 1 N–H and O–H groups in total. The van der Waals surface area contributed by atoms with Crippen LogP contribution in [-0.4, -0.2) is 38.5 Å². The van der Waals surface area contributed by atoms with Gasteiger partial charge in [0.1, 0.15) is 0 Å². The lowest BCUT2D eigenvalue weighted by atomic mass is 10.0. The highest BCUT2D eigenvalue weighted by Gasteiger charge is 2.23. The van der Waals surface area contributed by atoms with Gasteiger partial charge >= 0.3 is 0 Å². The Morgan fingerprint density at radius 3 is 2.35 bits per heavy atom. The van der Waals surface area contributed by atoms with Crippen molar-refractivity contribution in [3.63, 3.8) is 0 Å². The molecule has 0 saturated carbocycles. The first-order chi connectivity index (χ1) is 12.3. The predicted molar refractivity (Wildman–Crippen MR) is 106 cm³/mol. The molecule has 0 spiro atoms. The van der Waals surface area contributed by atoms with Crippen LogP contribution >= 0.6 is 11.8 Å². The molecule has 26 heavy (non-hydrogen) atoms. The number of amides is 1. The van der Waals surface area contributed by atoms with Crippen molar-refractivity contribution in [3.05, 3.63) is 59.7 Å². The number of nitrogens with zero attached hydrogens (tertiary/aromatic N) is 1. The zero-order valence-electron chi connectivity index (χ0n) is 15.4. The van der Waals surface area contributed by atoms with Crippen LogP contribution < -0.4 is 5.32 Å². The third kappa shape index (κ3) is 4.87. The Kier molecular flexibility index (Phi) is 6.86. The molecule has 1 atom stereocenters. The molecule has 0 aromatic heterocycles. The standard InChI is InChI=1S/C19H24N2O3S2/c1-14-7-5-6-8-18(14)15(2)20-19(22)13-21(3)26(23,24)17-11-9-16(25-4)10-12-17/h5-12,15H,13H2,1-4H3,(H,20,22)/t15-/m1/s1. The molecule has 0 heterocycles. The van der Waals surface area contributed by atoms with E-state index in [2.05, 4.69) is 5.32 Å². The summed E-state index contributed by atoms with van der Waals surface area (Å²) >= 11 is 1.54. The fourth-order valence-corrected chi connectivity index (χ4v) is 4.19. The molecule has 7 heteroatoms. The van der Waals surface area contributed by atoms with Gasteiger partial charge in [0.25, 0.3) is 0 Å². The van der Waals surface area contributed by atoms with E-state index in [1.54, 1.807) is 36.0 Å². The zero-order valence-corrected chi connectivity index (χ0v) is 17.0. The summed E-state index contributed by atoms with van der Waals surface area (Å²) < 4.78 is 26.3. The summed E-state index contributed by atoms with van der Waals surface area (Å²) in [6.45, 7) is 3.63. The van der Waals surface area contributed by atoms with Gasteiger partial charge < -0.3 is 5.32 Å². The third-order valence-corrected chi connectivity index (χ3v) is 6.73. The van der Waals surface area contributed by atoms with Gasteiger partial charge in [-0.3, -0.25) is 4.79 Å². The van der Waals surface area contributed by atoms with E-state index in [1.807, 2.05) is 44.4 Å². The van der Waals surface area contributed by atoms with Gasteiger partial charge in [0.2, 0.25) is 15.9 Å². The quantitative estimate of drug-likeness (QED) is 0.735. The van der Waals surface area contributed by atoms with Crippen molar-refractivity contribution in [2.75, 3.05) is 19.8 Å². The minimum atomic E-state index is -3.70. The first-order valence-corrected chi connectivity index (χ1v) is 10.9. The number of aryl methyl sites for hydroxylation is 1. The van der Waals surface area contributed by atoms with Gasteiger partial charge in [0.15, 0.2) is 0 Å². The average Bonchev–Trinajstić information content (AvgIpc) is 2.61. The molecular weight excluding hydrogens is 368 g/mol. The number of likely N-dealkylation sites (N-methyl/N-ethyl adjacent to an activating group) is 1. The van der Waals surface area contributed by atoms with E-state index >= 15 is 0 Å². The van der Waals surface area contributed by atoms with E-state index in [9.17, 15) is 13.2 Å². The smallest absolute Gasteiger partial charge is 0.243 e. The van der Waals surface area contributed by atoms with Crippen molar-refractivity contribution in [1.29, 1.82) is 0 Å². The van der Waals surface area contributed by atoms with Crippen LogP contribution in [0.1, 0.15) is 24.1 Å². The van der Waals surface area contributed by atoms with Crippen LogP contribution in [0, 0.1) is 6.92 Å². The van der Waals surface area contributed by atoms with Crippen LogP contribution in [0.5, 0.6) is 0 Å². The number of benzene rings is 2. The molecule has 2 rings (SSSR count). The highest BCUT2D eigenvalue weighted by molar-refractivity contribution is 7.98. The molecular formula is C19H24N2O3S2. The Labute approximate surface area is 159 Å². The number of thioether (sulfide) groups is 1. The first kappa shape index (κ1) is 20.5. The summed E-state index contributed by atoms with van der Waals surface area (Å²) in [7, 11) is -2.29. The number of nitrogens with one attached hydrogen (secondary N) is 1.